The zero-order valence-electron chi connectivity index (χ0n) is 7.27. The zero-order valence-corrected chi connectivity index (χ0v) is 7.27. The summed E-state index contributed by atoms with van der Waals surface area (Å²) in [5, 5.41) is 8.91. The Morgan fingerprint density at radius 2 is 1.73 bits per heavy atom. The summed E-state index contributed by atoms with van der Waals surface area (Å²) in [5.41, 5.74) is -1.64. The summed E-state index contributed by atoms with van der Waals surface area (Å²) >= 11 is 0. The van der Waals surface area contributed by atoms with Crippen LogP contribution in [0, 0.1) is 5.92 Å². The minimum Gasteiger partial charge on any atom is -0.384 e. The molecule has 0 aromatic heterocycles. The van der Waals surface area contributed by atoms with Crippen molar-refractivity contribution in [3.05, 3.63) is 0 Å². The van der Waals surface area contributed by atoms with Gasteiger partial charge in [0.25, 0.3) is 6.43 Å². The third kappa shape index (κ3) is 2.40. The number of halogens is 2. The largest absolute Gasteiger partial charge is 0.384 e. The molecule has 0 heterocycles. The molecule has 68 valence electrons. The van der Waals surface area contributed by atoms with E-state index in [-0.39, 0.29) is 18.8 Å². The van der Waals surface area contributed by atoms with Gasteiger partial charge >= 0.3 is 0 Å². The first-order valence-electron chi connectivity index (χ1n) is 4.05. The molecule has 0 aromatic carbocycles. The first-order valence-corrected chi connectivity index (χ1v) is 4.05. The van der Waals surface area contributed by atoms with Crippen molar-refractivity contribution in [3.8, 4) is 0 Å². The molecule has 1 saturated carbocycles. The van der Waals surface area contributed by atoms with E-state index in [0.717, 1.165) is 0 Å². The highest BCUT2D eigenvalue weighted by Gasteiger charge is 2.47. The first kappa shape index (κ1) is 10.8. The SMILES string of the molecule is CC.CC1CC(O)(C(F)F)C1. The van der Waals surface area contributed by atoms with Crippen LogP contribution in [0.2, 0.25) is 0 Å². The van der Waals surface area contributed by atoms with Crippen LogP contribution in [-0.4, -0.2) is 17.1 Å². The standard InChI is InChI=1S/C6H10F2O.C2H6/c1-4-2-6(9,3-4)5(7)8;1-2/h4-5,9H,2-3H2,1H3;1-2H3. The molecule has 3 heteroatoms. The molecule has 0 aliphatic heterocycles. The van der Waals surface area contributed by atoms with Crippen molar-refractivity contribution >= 4 is 0 Å². The van der Waals surface area contributed by atoms with Crippen molar-refractivity contribution in [2.24, 2.45) is 5.92 Å². The molecule has 0 spiro atoms. The quantitative estimate of drug-likeness (QED) is 0.634. The summed E-state index contributed by atoms with van der Waals surface area (Å²) in [6, 6.07) is 0. The van der Waals surface area contributed by atoms with E-state index in [9.17, 15) is 8.78 Å². The molecule has 0 bridgehead atoms. The maximum Gasteiger partial charge on any atom is 0.266 e. The predicted octanol–water partition coefficient (Wildman–Crippen LogP) is 2.44. The normalized spacial score (nSPS) is 35.7. The average molecular weight is 166 g/mol. The van der Waals surface area contributed by atoms with Crippen molar-refractivity contribution in [2.45, 2.75) is 45.6 Å². The van der Waals surface area contributed by atoms with Crippen LogP contribution in [-0.2, 0) is 0 Å². The average Bonchev–Trinajstić information content (AvgIpc) is 1.89. The van der Waals surface area contributed by atoms with E-state index in [1.54, 1.807) is 0 Å². The number of alkyl halides is 2. The van der Waals surface area contributed by atoms with Crippen LogP contribution in [0.4, 0.5) is 8.78 Å². The van der Waals surface area contributed by atoms with E-state index >= 15 is 0 Å². The van der Waals surface area contributed by atoms with Crippen molar-refractivity contribution in [1.29, 1.82) is 0 Å². The maximum absolute atomic E-state index is 11.8. The lowest BCUT2D eigenvalue weighted by atomic mass is 9.72. The Bertz CT molecular complexity index is 109. The minimum atomic E-state index is -2.56. The molecule has 1 aliphatic rings. The Balaban J connectivity index is 0.000000461. The van der Waals surface area contributed by atoms with Crippen LogP contribution < -0.4 is 0 Å². The molecule has 0 unspecified atom stereocenters. The van der Waals surface area contributed by atoms with Crippen LogP contribution >= 0.6 is 0 Å². The minimum absolute atomic E-state index is 0.255. The first-order chi connectivity index (χ1) is 5.04. The maximum atomic E-state index is 11.8. The van der Waals surface area contributed by atoms with Crippen molar-refractivity contribution in [3.63, 3.8) is 0 Å². The predicted molar refractivity (Wildman–Crippen MR) is 40.7 cm³/mol. The number of rotatable bonds is 1. The van der Waals surface area contributed by atoms with E-state index in [1.807, 2.05) is 20.8 Å². The molecule has 1 aliphatic carbocycles. The fraction of sp³-hybridized carbons (Fsp3) is 1.00. The third-order valence-electron chi connectivity index (χ3n) is 1.81. The number of aliphatic hydroxyl groups is 1. The van der Waals surface area contributed by atoms with Gasteiger partial charge in [0.15, 0.2) is 0 Å². The molecule has 0 radical (unpaired) electrons. The summed E-state index contributed by atoms with van der Waals surface area (Å²) in [4.78, 5) is 0. The van der Waals surface area contributed by atoms with Gasteiger partial charge in [-0.15, -0.1) is 0 Å². The van der Waals surface area contributed by atoms with Gasteiger partial charge in [-0.3, -0.25) is 0 Å². The van der Waals surface area contributed by atoms with Crippen LogP contribution in [0.1, 0.15) is 33.6 Å². The van der Waals surface area contributed by atoms with E-state index in [0.29, 0.717) is 0 Å². The Labute approximate surface area is 66.4 Å². The van der Waals surface area contributed by atoms with Crippen LogP contribution in [0.15, 0.2) is 0 Å². The molecular weight excluding hydrogens is 150 g/mol. The third-order valence-corrected chi connectivity index (χ3v) is 1.81. The second kappa shape index (κ2) is 4.00. The number of hydrogen-bond donors (Lipinski definition) is 1. The topological polar surface area (TPSA) is 20.2 Å². The van der Waals surface area contributed by atoms with Gasteiger partial charge in [-0.05, 0) is 18.8 Å². The second-order valence-corrected chi connectivity index (χ2v) is 2.92. The van der Waals surface area contributed by atoms with Gasteiger partial charge in [0.1, 0.15) is 5.60 Å². The Hall–Kier alpha value is -0.180. The van der Waals surface area contributed by atoms with Crippen LogP contribution in [0.25, 0.3) is 0 Å². The fourth-order valence-electron chi connectivity index (χ4n) is 1.33. The zero-order chi connectivity index (χ0) is 9.07. The highest BCUT2D eigenvalue weighted by atomic mass is 19.3. The highest BCUT2D eigenvalue weighted by molar-refractivity contribution is 4.93. The molecule has 0 atom stereocenters. The Morgan fingerprint density at radius 3 is 1.82 bits per heavy atom. The summed E-state index contributed by atoms with van der Waals surface area (Å²) in [5.74, 6) is 0.268. The molecule has 11 heavy (non-hydrogen) atoms. The van der Waals surface area contributed by atoms with Crippen LogP contribution in [0.3, 0.4) is 0 Å². The van der Waals surface area contributed by atoms with E-state index in [2.05, 4.69) is 0 Å². The van der Waals surface area contributed by atoms with Gasteiger partial charge in [0.05, 0.1) is 0 Å². The summed E-state index contributed by atoms with van der Waals surface area (Å²) < 4.78 is 23.6. The molecule has 0 saturated heterocycles. The number of hydrogen-bond acceptors (Lipinski definition) is 1. The second-order valence-electron chi connectivity index (χ2n) is 2.92. The lowest BCUT2D eigenvalue weighted by molar-refractivity contribution is -0.164. The smallest absolute Gasteiger partial charge is 0.266 e. The van der Waals surface area contributed by atoms with Crippen molar-refractivity contribution in [2.75, 3.05) is 0 Å². The van der Waals surface area contributed by atoms with Gasteiger partial charge < -0.3 is 5.11 Å². The van der Waals surface area contributed by atoms with Gasteiger partial charge in [-0.2, -0.15) is 0 Å². The summed E-state index contributed by atoms with van der Waals surface area (Å²) in [6.07, 6.45) is -2.05. The van der Waals surface area contributed by atoms with E-state index in [4.69, 9.17) is 5.11 Å². The van der Waals surface area contributed by atoms with Crippen molar-refractivity contribution in [1.82, 2.24) is 0 Å². The molecule has 1 rings (SSSR count). The monoisotopic (exact) mass is 166 g/mol. The Morgan fingerprint density at radius 1 is 1.36 bits per heavy atom. The molecule has 1 N–H and O–H groups in total. The van der Waals surface area contributed by atoms with Gasteiger partial charge in [0.2, 0.25) is 0 Å². The molecule has 1 fully saturated rings. The van der Waals surface area contributed by atoms with Gasteiger partial charge in [-0.25, -0.2) is 8.78 Å². The van der Waals surface area contributed by atoms with Crippen molar-refractivity contribution < 1.29 is 13.9 Å². The highest BCUT2D eigenvalue weighted by Crippen LogP contribution is 2.41. The Kier molecular flexibility index (Phi) is 3.93. The molecular formula is C8H16F2O. The van der Waals surface area contributed by atoms with E-state index < -0.39 is 12.0 Å². The fourth-order valence-corrected chi connectivity index (χ4v) is 1.33. The summed E-state index contributed by atoms with van der Waals surface area (Å²) in [6.45, 7) is 5.86. The molecule has 0 amide bonds. The van der Waals surface area contributed by atoms with Crippen LogP contribution in [0.5, 0.6) is 0 Å². The molecule has 0 aromatic rings. The summed E-state index contributed by atoms with van der Waals surface area (Å²) in [7, 11) is 0. The lowest BCUT2D eigenvalue weighted by Gasteiger charge is -2.40. The molecule has 1 nitrogen and oxygen atoms in total. The van der Waals surface area contributed by atoms with Gasteiger partial charge in [0, 0.05) is 0 Å². The van der Waals surface area contributed by atoms with Gasteiger partial charge in [-0.1, -0.05) is 20.8 Å². The van der Waals surface area contributed by atoms with E-state index in [1.165, 1.54) is 0 Å². The lowest BCUT2D eigenvalue weighted by Crippen LogP contribution is -2.48.